The van der Waals surface area contributed by atoms with Gasteiger partial charge in [-0.05, 0) is 32.9 Å². The summed E-state index contributed by atoms with van der Waals surface area (Å²) in [5.41, 5.74) is 1.22. The van der Waals surface area contributed by atoms with Crippen LogP contribution in [0.4, 0.5) is 0 Å². The van der Waals surface area contributed by atoms with Gasteiger partial charge in [0.25, 0.3) is 5.91 Å². The molecule has 0 unspecified atom stereocenters. The lowest BCUT2D eigenvalue weighted by Crippen LogP contribution is -2.35. The Kier molecular flexibility index (Phi) is 5.59. The quantitative estimate of drug-likeness (QED) is 0.686. The fourth-order valence-electron chi connectivity index (χ4n) is 2.93. The third-order valence-electron chi connectivity index (χ3n) is 4.40. The zero-order valence-corrected chi connectivity index (χ0v) is 15.9. The smallest absolute Gasteiger partial charge is 0.342 e. The Labute approximate surface area is 162 Å². The highest BCUT2D eigenvalue weighted by atomic mass is 16.5. The lowest BCUT2D eigenvalue weighted by Gasteiger charge is -2.14. The van der Waals surface area contributed by atoms with Gasteiger partial charge in [-0.3, -0.25) is 9.59 Å². The standard InChI is InChI=1S/C22H21NO5/c1-4-23-21(25)14(3)27-22(26)17-12-8-11-16-18(24)13(2)19(28-20(16)17)15-9-6-5-7-10-15/h5-12,14H,4H2,1-3H3,(H,23,25)/t14-/m0/s1. The molecule has 1 atom stereocenters. The lowest BCUT2D eigenvalue weighted by molar-refractivity contribution is -0.128. The van der Waals surface area contributed by atoms with Crippen molar-refractivity contribution in [3.05, 3.63) is 69.9 Å². The number of fused-ring (bicyclic) bond motifs is 1. The summed E-state index contributed by atoms with van der Waals surface area (Å²) in [7, 11) is 0. The number of hydrogen-bond donors (Lipinski definition) is 1. The molecule has 0 fully saturated rings. The van der Waals surface area contributed by atoms with Crippen LogP contribution in [-0.4, -0.2) is 24.5 Å². The van der Waals surface area contributed by atoms with E-state index in [2.05, 4.69) is 5.32 Å². The lowest BCUT2D eigenvalue weighted by atomic mass is 10.0. The zero-order valence-electron chi connectivity index (χ0n) is 15.9. The van der Waals surface area contributed by atoms with Crippen molar-refractivity contribution >= 4 is 22.8 Å². The number of hydrogen-bond acceptors (Lipinski definition) is 5. The number of carbonyl (C=O) groups excluding carboxylic acids is 2. The van der Waals surface area contributed by atoms with E-state index in [1.165, 1.54) is 13.0 Å². The van der Waals surface area contributed by atoms with E-state index in [-0.39, 0.29) is 22.0 Å². The van der Waals surface area contributed by atoms with Crippen LogP contribution in [0, 0.1) is 6.92 Å². The van der Waals surface area contributed by atoms with Crippen LogP contribution in [0.15, 0.2) is 57.7 Å². The number of esters is 1. The average molecular weight is 379 g/mol. The Balaban J connectivity index is 2.09. The van der Waals surface area contributed by atoms with Crippen molar-refractivity contribution < 1.29 is 18.7 Å². The number of ether oxygens (including phenoxy) is 1. The molecule has 0 saturated carbocycles. The molecule has 6 heteroatoms. The van der Waals surface area contributed by atoms with Gasteiger partial charge in [-0.2, -0.15) is 0 Å². The normalized spacial score (nSPS) is 11.8. The van der Waals surface area contributed by atoms with Gasteiger partial charge in [0, 0.05) is 17.7 Å². The summed E-state index contributed by atoms with van der Waals surface area (Å²) in [4.78, 5) is 37.3. The van der Waals surface area contributed by atoms with Gasteiger partial charge in [0.1, 0.15) is 11.3 Å². The third kappa shape index (κ3) is 3.67. The SMILES string of the molecule is CCNC(=O)[C@H](C)OC(=O)c1cccc2c(=O)c(C)c(-c3ccccc3)oc12. The molecule has 0 saturated heterocycles. The van der Waals surface area contributed by atoms with Gasteiger partial charge in [-0.25, -0.2) is 4.79 Å². The average Bonchev–Trinajstić information content (AvgIpc) is 2.71. The van der Waals surface area contributed by atoms with Crippen LogP contribution in [-0.2, 0) is 9.53 Å². The summed E-state index contributed by atoms with van der Waals surface area (Å²) < 4.78 is 11.3. The van der Waals surface area contributed by atoms with Crippen LogP contribution in [0.1, 0.15) is 29.8 Å². The molecular weight excluding hydrogens is 358 g/mol. The minimum atomic E-state index is -0.964. The fourth-order valence-corrected chi connectivity index (χ4v) is 2.93. The minimum absolute atomic E-state index is 0.0999. The van der Waals surface area contributed by atoms with Gasteiger partial charge >= 0.3 is 5.97 Å². The fraction of sp³-hybridized carbons (Fsp3) is 0.227. The van der Waals surface area contributed by atoms with Crippen LogP contribution in [0.5, 0.6) is 0 Å². The molecule has 1 aromatic heterocycles. The molecule has 2 aromatic carbocycles. The van der Waals surface area contributed by atoms with E-state index in [0.29, 0.717) is 17.9 Å². The summed E-state index contributed by atoms with van der Waals surface area (Å²) in [6.07, 6.45) is -0.964. The van der Waals surface area contributed by atoms with E-state index >= 15 is 0 Å². The summed E-state index contributed by atoms with van der Waals surface area (Å²) >= 11 is 0. The van der Waals surface area contributed by atoms with Gasteiger partial charge in [-0.1, -0.05) is 36.4 Å². The molecule has 6 nitrogen and oxygen atoms in total. The third-order valence-corrected chi connectivity index (χ3v) is 4.40. The zero-order chi connectivity index (χ0) is 20.3. The second kappa shape index (κ2) is 8.08. The molecule has 0 aliphatic heterocycles. The molecular formula is C22H21NO5. The maximum atomic E-state index is 12.8. The Hall–Kier alpha value is -3.41. The first-order valence-electron chi connectivity index (χ1n) is 9.04. The maximum absolute atomic E-state index is 12.8. The van der Waals surface area contributed by atoms with Crippen LogP contribution in [0.25, 0.3) is 22.3 Å². The van der Waals surface area contributed by atoms with Crippen molar-refractivity contribution in [1.29, 1.82) is 0 Å². The van der Waals surface area contributed by atoms with E-state index in [4.69, 9.17) is 9.15 Å². The predicted molar refractivity (Wildman–Crippen MR) is 106 cm³/mol. The second-order valence-corrected chi connectivity index (χ2v) is 6.38. The van der Waals surface area contributed by atoms with E-state index < -0.39 is 18.0 Å². The molecule has 0 aliphatic carbocycles. The molecule has 0 radical (unpaired) electrons. The number of nitrogens with one attached hydrogen (secondary N) is 1. The van der Waals surface area contributed by atoms with E-state index in [1.807, 2.05) is 30.3 Å². The van der Waals surface area contributed by atoms with Gasteiger partial charge < -0.3 is 14.5 Å². The topological polar surface area (TPSA) is 85.6 Å². The van der Waals surface area contributed by atoms with E-state index in [0.717, 1.165) is 5.56 Å². The highest BCUT2D eigenvalue weighted by Crippen LogP contribution is 2.27. The van der Waals surface area contributed by atoms with E-state index in [9.17, 15) is 14.4 Å². The Morgan fingerprint density at radius 2 is 1.82 bits per heavy atom. The molecule has 1 heterocycles. The highest BCUT2D eigenvalue weighted by molar-refractivity contribution is 6.03. The summed E-state index contributed by atoms with van der Waals surface area (Å²) in [5.74, 6) is -0.719. The molecule has 3 aromatic rings. The summed E-state index contributed by atoms with van der Waals surface area (Å²) in [5, 5.41) is 2.89. The van der Waals surface area contributed by atoms with Gasteiger partial charge in [0.15, 0.2) is 17.1 Å². The Morgan fingerprint density at radius 3 is 2.50 bits per heavy atom. The number of rotatable bonds is 5. The summed E-state index contributed by atoms with van der Waals surface area (Å²) in [6, 6.07) is 13.9. The second-order valence-electron chi connectivity index (χ2n) is 6.38. The maximum Gasteiger partial charge on any atom is 0.342 e. The number of carbonyl (C=O) groups is 2. The largest absolute Gasteiger partial charge is 0.455 e. The molecule has 0 bridgehead atoms. The minimum Gasteiger partial charge on any atom is -0.455 e. The van der Waals surface area contributed by atoms with Crippen molar-refractivity contribution in [3.63, 3.8) is 0 Å². The van der Waals surface area contributed by atoms with Crippen LogP contribution in [0.2, 0.25) is 0 Å². The van der Waals surface area contributed by atoms with Gasteiger partial charge in [0.05, 0.1) is 5.39 Å². The molecule has 0 spiro atoms. The molecule has 28 heavy (non-hydrogen) atoms. The molecule has 0 aliphatic rings. The molecule has 1 N–H and O–H groups in total. The van der Waals surface area contributed by atoms with Crippen molar-refractivity contribution in [3.8, 4) is 11.3 Å². The number of para-hydroxylation sites is 1. The number of benzene rings is 2. The Bertz CT molecular complexity index is 1090. The number of amides is 1. The van der Waals surface area contributed by atoms with Crippen molar-refractivity contribution in [2.75, 3.05) is 6.54 Å². The van der Waals surface area contributed by atoms with Crippen molar-refractivity contribution in [1.82, 2.24) is 5.32 Å². The van der Waals surface area contributed by atoms with Crippen LogP contribution >= 0.6 is 0 Å². The predicted octanol–water partition coefficient (Wildman–Crippen LogP) is 3.45. The van der Waals surface area contributed by atoms with E-state index in [1.54, 1.807) is 26.0 Å². The molecule has 1 amide bonds. The van der Waals surface area contributed by atoms with Crippen molar-refractivity contribution in [2.24, 2.45) is 0 Å². The first kappa shape index (κ1) is 19.4. The van der Waals surface area contributed by atoms with Gasteiger partial charge in [-0.15, -0.1) is 0 Å². The first-order valence-corrected chi connectivity index (χ1v) is 9.04. The first-order chi connectivity index (χ1) is 13.4. The van der Waals surface area contributed by atoms with Crippen LogP contribution in [0.3, 0.4) is 0 Å². The Morgan fingerprint density at radius 1 is 1.11 bits per heavy atom. The summed E-state index contributed by atoms with van der Waals surface area (Å²) in [6.45, 7) is 5.39. The highest BCUT2D eigenvalue weighted by Gasteiger charge is 2.23. The monoisotopic (exact) mass is 379 g/mol. The molecule has 3 rings (SSSR count). The molecule has 144 valence electrons. The van der Waals surface area contributed by atoms with Gasteiger partial charge in [0.2, 0.25) is 0 Å². The van der Waals surface area contributed by atoms with Crippen molar-refractivity contribution in [2.45, 2.75) is 26.9 Å². The van der Waals surface area contributed by atoms with Crippen LogP contribution < -0.4 is 10.7 Å². The number of likely N-dealkylation sites (N-methyl/N-ethyl adjacent to an activating group) is 1.